The second kappa shape index (κ2) is 7.55. The Kier molecular flexibility index (Phi) is 5.41. The fourth-order valence-electron chi connectivity index (χ4n) is 2.34. The molecule has 1 heterocycles. The van der Waals surface area contributed by atoms with Crippen LogP contribution in [0, 0.1) is 0 Å². The summed E-state index contributed by atoms with van der Waals surface area (Å²) in [6, 6.07) is 13.8. The molecule has 3 rings (SSSR count). The molecule has 8 heteroatoms. The van der Waals surface area contributed by atoms with Crippen LogP contribution in [-0.2, 0) is 16.6 Å². The molecule has 2 aromatic carbocycles. The number of methoxy groups -OCH3 is 1. The number of hydrogen-bond acceptors (Lipinski definition) is 5. The highest BCUT2D eigenvalue weighted by atomic mass is 79.9. The van der Waals surface area contributed by atoms with E-state index in [0.29, 0.717) is 10.9 Å². The van der Waals surface area contributed by atoms with Crippen molar-refractivity contribution in [2.24, 2.45) is 0 Å². The molecule has 0 aliphatic carbocycles. The summed E-state index contributed by atoms with van der Waals surface area (Å²) < 4.78 is 33.8. The number of sulfonamides is 1. The largest absolute Gasteiger partial charge is 0.496 e. The highest BCUT2D eigenvalue weighted by Crippen LogP contribution is 2.31. The molecule has 0 bridgehead atoms. The van der Waals surface area contributed by atoms with Gasteiger partial charge in [-0.05, 0) is 30.3 Å². The molecule has 0 saturated carbocycles. The van der Waals surface area contributed by atoms with Crippen LogP contribution in [0.1, 0.15) is 5.56 Å². The Bertz CT molecular complexity index is 945. The molecule has 0 fully saturated rings. The van der Waals surface area contributed by atoms with Gasteiger partial charge in [0.15, 0.2) is 5.13 Å². The van der Waals surface area contributed by atoms with Crippen LogP contribution >= 0.6 is 27.3 Å². The first-order valence-corrected chi connectivity index (χ1v) is 10.4. The molecular weight excluding hydrogens is 424 g/mol. The van der Waals surface area contributed by atoms with Gasteiger partial charge >= 0.3 is 0 Å². The van der Waals surface area contributed by atoms with Gasteiger partial charge in [-0.25, -0.2) is 17.7 Å². The minimum Gasteiger partial charge on any atom is -0.496 e. The summed E-state index contributed by atoms with van der Waals surface area (Å²) in [5.41, 5.74) is 0.742. The van der Waals surface area contributed by atoms with E-state index in [0.717, 1.165) is 10.0 Å². The molecule has 0 N–H and O–H groups in total. The van der Waals surface area contributed by atoms with Crippen LogP contribution in [0.5, 0.6) is 5.75 Å². The third-order valence-corrected chi connectivity index (χ3v) is 6.67. The van der Waals surface area contributed by atoms with Crippen LogP contribution in [0.4, 0.5) is 5.13 Å². The summed E-state index contributed by atoms with van der Waals surface area (Å²) in [5.74, 6) is 0.619. The van der Waals surface area contributed by atoms with Crippen molar-refractivity contribution in [1.29, 1.82) is 0 Å². The number of halogens is 1. The number of hydrogen-bond donors (Lipinski definition) is 0. The molecule has 25 heavy (non-hydrogen) atoms. The van der Waals surface area contributed by atoms with Gasteiger partial charge in [-0.2, -0.15) is 0 Å². The predicted molar refractivity (Wildman–Crippen MR) is 103 cm³/mol. The van der Waals surface area contributed by atoms with Crippen LogP contribution in [0.2, 0.25) is 0 Å². The summed E-state index contributed by atoms with van der Waals surface area (Å²) in [6.45, 7) is 0.118. The second-order valence-electron chi connectivity index (χ2n) is 5.10. The van der Waals surface area contributed by atoms with Gasteiger partial charge in [-0.1, -0.05) is 34.1 Å². The molecule has 0 amide bonds. The van der Waals surface area contributed by atoms with Crippen molar-refractivity contribution in [3.63, 3.8) is 0 Å². The van der Waals surface area contributed by atoms with E-state index in [2.05, 4.69) is 20.9 Å². The zero-order valence-corrected chi connectivity index (χ0v) is 16.5. The molecule has 0 aliphatic heterocycles. The number of anilines is 1. The van der Waals surface area contributed by atoms with Crippen LogP contribution in [0.25, 0.3) is 0 Å². The molecule has 0 aliphatic rings. The topological polar surface area (TPSA) is 59.5 Å². The van der Waals surface area contributed by atoms with Gasteiger partial charge in [-0.3, -0.25) is 0 Å². The zero-order valence-electron chi connectivity index (χ0n) is 13.3. The lowest BCUT2D eigenvalue weighted by atomic mass is 10.2. The number of thiazole rings is 1. The van der Waals surface area contributed by atoms with Crippen LogP contribution in [0.15, 0.2) is 69.5 Å². The lowest BCUT2D eigenvalue weighted by molar-refractivity contribution is 0.409. The van der Waals surface area contributed by atoms with Crippen molar-refractivity contribution in [3.8, 4) is 5.75 Å². The van der Waals surface area contributed by atoms with Gasteiger partial charge in [-0.15, -0.1) is 11.3 Å². The van der Waals surface area contributed by atoms with Crippen molar-refractivity contribution < 1.29 is 13.2 Å². The van der Waals surface area contributed by atoms with Crippen molar-refractivity contribution >= 4 is 42.4 Å². The van der Waals surface area contributed by atoms with Gasteiger partial charge in [0.2, 0.25) is 0 Å². The van der Waals surface area contributed by atoms with E-state index in [-0.39, 0.29) is 11.4 Å². The van der Waals surface area contributed by atoms with Gasteiger partial charge < -0.3 is 4.74 Å². The Balaban J connectivity index is 2.08. The monoisotopic (exact) mass is 438 g/mol. The van der Waals surface area contributed by atoms with E-state index in [1.807, 2.05) is 12.1 Å². The van der Waals surface area contributed by atoms with Crippen LogP contribution < -0.4 is 9.04 Å². The highest BCUT2D eigenvalue weighted by Gasteiger charge is 2.27. The predicted octanol–water partition coefficient (Wildman–Crippen LogP) is 4.31. The number of nitrogens with zero attached hydrogens (tertiary/aromatic N) is 2. The smallest absolute Gasteiger partial charge is 0.266 e. The van der Waals surface area contributed by atoms with Crippen LogP contribution in [0.3, 0.4) is 0 Å². The molecule has 0 radical (unpaired) electrons. The number of ether oxygens (including phenoxy) is 1. The maximum atomic E-state index is 13.2. The summed E-state index contributed by atoms with van der Waals surface area (Å²) in [7, 11) is -2.19. The zero-order chi connectivity index (χ0) is 17.9. The Labute approximate surface area is 159 Å². The normalized spacial score (nSPS) is 11.3. The maximum Gasteiger partial charge on any atom is 0.266 e. The van der Waals surface area contributed by atoms with E-state index >= 15 is 0 Å². The summed E-state index contributed by atoms with van der Waals surface area (Å²) in [6.07, 6.45) is 1.59. The number of benzene rings is 2. The SMILES string of the molecule is COc1ccc(Br)cc1CN(c1nccs1)S(=O)(=O)c1ccccc1. The second-order valence-corrected chi connectivity index (χ2v) is 8.75. The molecule has 0 unspecified atom stereocenters. The molecule has 1 aromatic heterocycles. The molecule has 5 nitrogen and oxygen atoms in total. The quantitative estimate of drug-likeness (QED) is 0.575. The Morgan fingerprint density at radius 3 is 2.60 bits per heavy atom. The minimum absolute atomic E-state index is 0.118. The number of aromatic nitrogens is 1. The van der Waals surface area contributed by atoms with Gasteiger partial charge in [0, 0.05) is 21.6 Å². The Morgan fingerprint density at radius 1 is 1.20 bits per heavy atom. The maximum absolute atomic E-state index is 13.2. The summed E-state index contributed by atoms with van der Waals surface area (Å²) >= 11 is 4.70. The van der Waals surface area contributed by atoms with Gasteiger partial charge in [0.05, 0.1) is 18.6 Å². The van der Waals surface area contributed by atoms with Crippen LogP contribution in [-0.4, -0.2) is 20.5 Å². The van der Waals surface area contributed by atoms with E-state index in [1.165, 1.54) is 15.6 Å². The average molecular weight is 439 g/mol. The molecular formula is C17H15BrN2O3S2. The average Bonchev–Trinajstić information content (AvgIpc) is 3.14. The molecule has 0 spiro atoms. The third-order valence-electron chi connectivity index (χ3n) is 3.52. The number of rotatable bonds is 6. The molecule has 0 saturated heterocycles. The first-order valence-electron chi connectivity index (χ1n) is 7.32. The van der Waals surface area contributed by atoms with Crippen molar-refractivity contribution in [3.05, 3.63) is 70.1 Å². The molecule has 3 aromatic rings. The van der Waals surface area contributed by atoms with E-state index in [1.54, 1.807) is 55.1 Å². The molecule has 0 atom stereocenters. The van der Waals surface area contributed by atoms with Crippen molar-refractivity contribution in [2.75, 3.05) is 11.4 Å². The summed E-state index contributed by atoms with van der Waals surface area (Å²) in [5, 5.41) is 2.16. The van der Waals surface area contributed by atoms with Crippen molar-refractivity contribution in [1.82, 2.24) is 4.98 Å². The summed E-state index contributed by atoms with van der Waals surface area (Å²) in [4.78, 5) is 4.42. The third kappa shape index (κ3) is 3.86. The first kappa shape index (κ1) is 17.9. The molecule has 130 valence electrons. The van der Waals surface area contributed by atoms with E-state index < -0.39 is 10.0 Å². The lowest BCUT2D eigenvalue weighted by Crippen LogP contribution is -2.30. The lowest BCUT2D eigenvalue weighted by Gasteiger charge is -2.23. The fraction of sp³-hybridized carbons (Fsp3) is 0.118. The highest BCUT2D eigenvalue weighted by molar-refractivity contribution is 9.10. The minimum atomic E-state index is -3.75. The van der Waals surface area contributed by atoms with Gasteiger partial charge in [0.25, 0.3) is 10.0 Å². The Hall–Kier alpha value is -1.90. The van der Waals surface area contributed by atoms with E-state index in [4.69, 9.17) is 4.74 Å². The Morgan fingerprint density at radius 2 is 1.96 bits per heavy atom. The standard InChI is InChI=1S/C17H15BrN2O3S2/c1-23-16-8-7-14(18)11-13(16)12-20(17-19-9-10-24-17)25(21,22)15-5-3-2-4-6-15/h2-11H,12H2,1H3. The fourth-order valence-corrected chi connectivity index (χ4v) is 5.04. The van der Waals surface area contributed by atoms with E-state index in [9.17, 15) is 8.42 Å². The first-order chi connectivity index (χ1) is 12.0. The van der Waals surface area contributed by atoms with Crippen molar-refractivity contribution in [2.45, 2.75) is 11.4 Å². The van der Waals surface area contributed by atoms with Gasteiger partial charge in [0.1, 0.15) is 5.75 Å².